The van der Waals surface area contributed by atoms with Crippen molar-refractivity contribution in [1.82, 2.24) is 5.32 Å². The second-order valence-electron chi connectivity index (χ2n) is 5.46. The van der Waals surface area contributed by atoms with Gasteiger partial charge in [-0.3, -0.25) is 4.79 Å². The third kappa shape index (κ3) is 4.60. The van der Waals surface area contributed by atoms with Gasteiger partial charge in [0.2, 0.25) is 0 Å². The fourth-order valence-electron chi connectivity index (χ4n) is 2.21. The number of esters is 1. The van der Waals surface area contributed by atoms with Crippen molar-refractivity contribution in [2.24, 2.45) is 5.92 Å². The van der Waals surface area contributed by atoms with E-state index in [0.717, 1.165) is 12.8 Å². The van der Waals surface area contributed by atoms with Crippen molar-refractivity contribution in [3.8, 4) is 11.5 Å². The molecule has 0 aromatic heterocycles. The van der Waals surface area contributed by atoms with Crippen molar-refractivity contribution in [1.29, 1.82) is 0 Å². The van der Waals surface area contributed by atoms with Crippen molar-refractivity contribution >= 4 is 27.8 Å². The molecule has 0 saturated heterocycles. The quantitative estimate of drug-likeness (QED) is 0.730. The van der Waals surface area contributed by atoms with E-state index in [9.17, 15) is 9.59 Å². The Morgan fingerprint density at radius 2 is 1.83 bits per heavy atom. The van der Waals surface area contributed by atoms with Crippen LogP contribution in [0.25, 0.3) is 0 Å². The van der Waals surface area contributed by atoms with Crippen LogP contribution in [0.2, 0.25) is 0 Å². The van der Waals surface area contributed by atoms with Gasteiger partial charge in [-0.15, -0.1) is 0 Å². The second kappa shape index (κ2) is 7.68. The lowest BCUT2D eigenvalue weighted by molar-refractivity contribution is -0.124. The summed E-state index contributed by atoms with van der Waals surface area (Å²) in [5.74, 6) is 0.540. The molecule has 7 heteroatoms. The lowest BCUT2D eigenvalue weighted by atomic mass is 10.2. The molecule has 0 bridgehead atoms. The summed E-state index contributed by atoms with van der Waals surface area (Å²) in [5.41, 5.74) is 0.255. The Morgan fingerprint density at radius 3 is 2.30 bits per heavy atom. The Balaban J connectivity index is 1.95. The fraction of sp³-hybridized carbons (Fsp3) is 0.500. The number of halogens is 1. The average Bonchev–Trinajstić information content (AvgIpc) is 3.37. The van der Waals surface area contributed by atoms with Gasteiger partial charge in [-0.1, -0.05) is 0 Å². The maximum atomic E-state index is 12.1. The first-order valence-corrected chi connectivity index (χ1v) is 8.13. The van der Waals surface area contributed by atoms with E-state index >= 15 is 0 Å². The Labute approximate surface area is 143 Å². The number of methoxy groups -OCH3 is 2. The summed E-state index contributed by atoms with van der Waals surface area (Å²) >= 11 is 3.33. The van der Waals surface area contributed by atoms with Crippen molar-refractivity contribution < 1.29 is 23.8 Å². The molecule has 1 aliphatic rings. The maximum absolute atomic E-state index is 12.1. The molecule has 1 saturated carbocycles. The second-order valence-corrected chi connectivity index (χ2v) is 6.26. The zero-order valence-electron chi connectivity index (χ0n) is 13.3. The number of hydrogen-bond acceptors (Lipinski definition) is 5. The Kier molecular flexibility index (Phi) is 5.87. The molecule has 0 aliphatic heterocycles. The molecule has 1 fully saturated rings. The fourth-order valence-corrected chi connectivity index (χ4v) is 2.76. The van der Waals surface area contributed by atoms with Gasteiger partial charge in [-0.2, -0.15) is 0 Å². The van der Waals surface area contributed by atoms with E-state index in [0.29, 0.717) is 21.9 Å². The minimum atomic E-state index is -0.608. The van der Waals surface area contributed by atoms with E-state index in [1.54, 1.807) is 0 Å². The van der Waals surface area contributed by atoms with Crippen molar-refractivity contribution in [2.45, 2.75) is 25.8 Å². The summed E-state index contributed by atoms with van der Waals surface area (Å²) in [5, 5.41) is 2.83. The molecule has 1 aromatic rings. The predicted molar refractivity (Wildman–Crippen MR) is 87.9 cm³/mol. The van der Waals surface area contributed by atoms with Crippen molar-refractivity contribution in [3.05, 3.63) is 22.2 Å². The van der Waals surface area contributed by atoms with Crippen LogP contribution in [-0.2, 0) is 9.53 Å². The summed E-state index contributed by atoms with van der Waals surface area (Å²) in [6.45, 7) is 1.65. The highest BCUT2D eigenvalue weighted by molar-refractivity contribution is 9.10. The van der Waals surface area contributed by atoms with Crippen LogP contribution in [0.1, 0.15) is 30.1 Å². The molecule has 6 nitrogen and oxygen atoms in total. The number of ether oxygens (including phenoxy) is 3. The predicted octanol–water partition coefficient (Wildman–Crippen LogP) is 2.54. The van der Waals surface area contributed by atoms with Gasteiger partial charge < -0.3 is 19.5 Å². The Morgan fingerprint density at radius 1 is 1.26 bits per heavy atom. The van der Waals surface area contributed by atoms with E-state index in [1.165, 1.54) is 26.4 Å². The normalized spacial score (nSPS) is 14.8. The monoisotopic (exact) mass is 385 g/mol. The molecule has 1 N–H and O–H groups in total. The first kappa shape index (κ1) is 17.6. The molecule has 23 heavy (non-hydrogen) atoms. The summed E-state index contributed by atoms with van der Waals surface area (Å²) in [6, 6.07) is 3.17. The summed E-state index contributed by atoms with van der Waals surface area (Å²) in [7, 11) is 2.97. The molecule has 1 aliphatic carbocycles. The first-order chi connectivity index (χ1) is 11.0. The maximum Gasteiger partial charge on any atom is 0.338 e. The number of rotatable bonds is 7. The van der Waals surface area contributed by atoms with Gasteiger partial charge in [0, 0.05) is 6.04 Å². The van der Waals surface area contributed by atoms with E-state index in [2.05, 4.69) is 21.2 Å². The Hall–Kier alpha value is -1.76. The molecule has 126 valence electrons. The van der Waals surface area contributed by atoms with Gasteiger partial charge >= 0.3 is 5.97 Å². The van der Waals surface area contributed by atoms with Crippen LogP contribution < -0.4 is 14.8 Å². The van der Waals surface area contributed by atoms with Gasteiger partial charge in [0.05, 0.1) is 19.8 Å². The van der Waals surface area contributed by atoms with Gasteiger partial charge in [0.1, 0.15) is 16.0 Å². The zero-order valence-corrected chi connectivity index (χ0v) is 14.9. The molecular formula is C16H20BrNO5. The first-order valence-electron chi connectivity index (χ1n) is 7.34. The van der Waals surface area contributed by atoms with Crippen molar-refractivity contribution in [2.75, 3.05) is 20.8 Å². The summed E-state index contributed by atoms with van der Waals surface area (Å²) in [6.07, 6.45) is 2.28. The van der Waals surface area contributed by atoms with E-state index < -0.39 is 5.97 Å². The SMILES string of the molecule is COc1cc(C(=O)OCC(=O)N[C@H](C)C2CC2)cc(OC)c1Br. The van der Waals surface area contributed by atoms with Gasteiger partial charge in [-0.25, -0.2) is 4.79 Å². The lowest BCUT2D eigenvalue weighted by Gasteiger charge is -2.13. The van der Waals surface area contributed by atoms with Crippen LogP contribution in [-0.4, -0.2) is 38.7 Å². The molecule has 2 rings (SSSR count). The minimum absolute atomic E-state index is 0.120. The Bertz CT molecular complexity index is 575. The number of hydrogen-bond donors (Lipinski definition) is 1. The van der Waals surface area contributed by atoms with Gasteiger partial charge in [-0.05, 0) is 53.7 Å². The van der Waals surface area contributed by atoms with Crippen molar-refractivity contribution in [3.63, 3.8) is 0 Å². The number of carbonyl (C=O) groups excluding carboxylic acids is 2. The zero-order chi connectivity index (χ0) is 17.0. The highest BCUT2D eigenvalue weighted by Crippen LogP contribution is 2.35. The molecule has 0 heterocycles. The van der Waals surface area contributed by atoms with E-state index in [1.807, 2.05) is 6.92 Å². The molecule has 1 atom stereocenters. The molecule has 0 unspecified atom stereocenters. The summed E-state index contributed by atoms with van der Waals surface area (Å²) in [4.78, 5) is 23.9. The third-order valence-corrected chi connectivity index (χ3v) is 4.52. The van der Waals surface area contributed by atoms with Crippen LogP contribution in [0.4, 0.5) is 0 Å². The molecule has 1 aromatic carbocycles. The van der Waals surface area contributed by atoms with Gasteiger partial charge in [0.15, 0.2) is 6.61 Å². The van der Waals surface area contributed by atoms with Crippen LogP contribution in [0.3, 0.4) is 0 Å². The summed E-state index contributed by atoms with van der Waals surface area (Å²) < 4.78 is 16.0. The van der Waals surface area contributed by atoms with E-state index in [4.69, 9.17) is 14.2 Å². The van der Waals surface area contributed by atoms with E-state index in [-0.39, 0.29) is 24.1 Å². The van der Waals surface area contributed by atoms with Crippen LogP contribution in [0.15, 0.2) is 16.6 Å². The highest BCUT2D eigenvalue weighted by Gasteiger charge is 2.29. The standard InChI is InChI=1S/C16H20BrNO5/c1-9(10-4-5-10)18-14(19)8-23-16(20)11-6-12(21-2)15(17)13(7-11)22-3/h6-7,9-10H,4-5,8H2,1-3H3,(H,18,19)/t9-/m1/s1. The largest absolute Gasteiger partial charge is 0.495 e. The lowest BCUT2D eigenvalue weighted by Crippen LogP contribution is -2.37. The number of carbonyl (C=O) groups is 2. The molecule has 0 radical (unpaired) electrons. The topological polar surface area (TPSA) is 73.9 Å². The molecule has 1 amide bonds. The third-order valence-electron chi connectivity index (χ3n) is 3.73. The number of nitrogens with one attached hydrogen (secondary N) is 1. The highest BCUT2D eigenvalue weighted by atomic mass is 79.9. The van der Waals surface area contributed by atoms with Gasteiger partial charge in [0.25, 0.3) is 5.91 Å². The number of amides is 1. The minimum Gasteiger partial charge on any atom is -0.495 e. The average molecular weight is 386 g/mol. The number of benzene rings is 1. The van der Waals surface area contributed by atoms with Crippen LogP contribution >= 0.6 is 15.9 Å². The molecular weight excluding hydrogens is 366 g/mol. The smallest absolute Gasteiger partial charge is 0.338 e. The van der Waals surface area contributed by atoms with Crippen LogP contribution in [0, 0.1) is 5.92 Å². The molecule has 0 spiro atoms. The van der Waals surface area contributed by atoms with Crippen LogP contribution in [0.5, 0.6) is 11.5 Å².